The number of methoxy groups -OCH3 is 1. The summed E-state index contributed by atoms with van der Waals surface area (Å²) in [5.74, 6) is 0.914. The van der Waals surface area contributed by atoms with Crippen molar-refractivity contribution in [3.63, 3.8) is 0 Å². The van der Waals surface area contributed by atoms with Crippen molar-refractivity contribution in [2.24, 2.45) is 5.92 Å². The van der Waals surface area contributed by atoms with Crippen LogP contribution in [-0.2, 0) is 4.79 Å². The molecule has 158 valence electrons. The van der Waals surface area contributed by atoms with Gasteiger partial charge in [-0.15, -0.1) is 0 Å². The predicted molar refractivity (Wildman–Crippen MR) is 120 cm³/mol. The van der Waals surface area contributed by atoms with Crippen molar-refractivity contribution < 1.29 is 19.1 Å². The van der Waals surface area contributed by atoms with Crippen molar-refractivity contribution >= 4 is 35.2 Å². The van der Waals surface area contributed by atoms with Gasteiger partial charge in [-0.1, -0.05) is 32.0 Å². The Morgan fingerprint density at radius 2 is 1.77 bits per heavy atom. The highest BCUT2D eigenvalue weighted by Gasteiger charge is 2.08. The van der Waals surface area contributed by atoms with E-state index in [1.807, 2.05) is 18.2 Å². The van der Waals surface area contributed by atoms with E-state index in [4.69, 9.17) is 21.7 Å². The monoisotopic (exact) mass is 427 g/mol. The number of carbonyl (C=O) groups excluding carboxylic acids is 2. The Labute approximate surface area is 181 Å². The first-order valence-electron chi connectivity index (χ1n) is 9.34. The minimum absolute atomic E-state index is 0.0325. The zero-order valence-electron chi connectivity index (χ0n) is 17.1. The van der Waals surface area contributed by atoms with Crippen LogP contribution < -0.4 is 25.6 Å². The molecule has 2 aromatic carbocycles. The van der Waals surface area contributed by atoms with E-state index in [1.54, 1.807) is 43.5 Å². The Morgan fingerprint density at radius 1 is 1.07 bits per heavy atom. The number of nitrogens with one attached hydrogen (secondary N) is 3. The van der Waals surface area contributed by atoms with Gasteiger partial charge in [0.05, 0.1) is 13.7 Å². The van der Waals surface area contributed by atoms with Crippen LogP contribution in [-0.4, -0.2) is 30.6 Å². The minimum atomic E-state index is -0.445. The molecule has 30 heavy (non-hydrogen) atoms. The fourth-order valence-corrected chi connectivity index (χ4v) is 2.46. The van der Waals surface area contributed by atoms with Gasteiger partial charge < -0.3 is 9.47 Å². The number of rotatable bonds is 7. The molecular weight excluding hydrogens is 402 g/mol. The Morgan fingerprint density at radius 3 is 2.43 bits per heavy atom. The second kappa shape index (κ2) is 11.6. The Hall–Kier alpha value is -3.39. The van der Waals surface area contributed by atoms with E-state index in [0.717, 1.165) is 5.56 Å². The molecule has 0 aliphatic rings. The zero-order chi connectivity index (χ0) is 21.9. The summed E-state index contributed by atoms with van der Waals surface area (Å²) in [6, 6.07) is 14.0. The molecule has 0 aliphatic carbocycles. The quantitative estimate of drug-likeness (QED) is 0.358. The third-order valence-electron chi connectivity index (χ3n) is 3.78. The maximum atomic E-state index is 12.2. The molecular formula is C22H25N3O4S. The molecule has 0 atom stereocenters. The average molecular weight is 428 g/mol. The van der Waals surface area contributed by atoms with Crippen LogP contribution >= 0.6 is 12.2 Å². The molecule has 0 aliphatic heterocycles. The molecule has 8 heteroatoms. The van der Waals surface area contributed by atoms with Gasteiger partial charge in [-0.3, -0.25) is 25.8 Å². The van der Waals surface area contributed by atoms with Crippen LogP contribution in [0.4, 0.5) is 0 Å². The fraction of sp³-hybridized carbons (Fsp3) is 0.227. The number of thiocarbonyl (C=S) groups is 1. The number of carbonyl (C=O) groups is 2. The van der Waals surface area contributed by atoms with E-state index in [2.05, 4.69) is 30.0 Å². The van der Waals surface area contributed by atoms with E-state index >= 15 is 0 Å². The first-order valence-corrected chi connectivity index (χ1v) is 9.75. The third kappa shape index (κ3) is 7.56. The number of para-hydroxylation sites is 1. The van der Waals surface area contributed by atoms with E-state index in [9.17, 15) is 9.59 Å². The maximum Gasteiger partial charge on any atom is 0.269 e. The lowest BCUT2D eigenvalue weighted by Crippen LogP contribution is -2.48. The van der Waals surface area contributed by atoms with Gasteiger partial charge in [0.1, 0.15) is 11.5 Å². The van der Waals surface area contributed by atoms with Crippen LogP contribution in [0.15, 0.2) is 54.6 Å². The molecule has 0 saturated carbocycles. The van der Waals surface area contributed by atoms with Crippen LogP contribution in [0.2, 0.25) is 0 Å². The fourth-order valence-electron chi connectivity index (χ4n) is 2.31. The molecule has 7 nitrogen and oxygen atoms in total. The number of hydrogen-bond donors (Lipinski definition) is 3. The summed E-state index contributed by atoms with van der Waals surface area (Å²) in [7, 11) is 1.56. The highest BCUT2D eigenvalue weighted by Crippen LogP contribution is 2.18. The number of benzene rings is 2. The predicted octanol–water partition coefficient (Wildman–Crippen LogP) is 3.08. The average Bonchev–Trinajstić information content (AvgIpc) is 2.75. The molecule has 0 aromatic heterocycles. The van der Waals surface area contributed by atoms with Crippen molar-refractivity contribution in [2.45, 2.75) is 13.8 Å². The Kier molecular flexibility index (Phi) is 8.83. The van der Waals surface area contributed by atoms with Crippen molar-refractivity contribution in [1.29, 1.82) is 0 Å². The van der Waals surface area contributed by atoms with Gasteiger partial charge >= 0.3 is 0 Å². The summed E-state index contributed by atoms with van der Waals surface area (Å²) < 4.78 is 10.8. The molecule has 2 amide bonds. The first-order chi connectivity index (χ1) is 14.4. The van der Waals surface area contributed by atoms with Crippen LogP contribution in [0.3, 0.4) is 0 Å². The van der Waals surface area contributed by atoms with E-state index in [-0.39, 0.29) is 5.11 Å². The Balaban J connectivity index is 1.80. The van der Waals surface area contributed by atoms with Crippen LogP contribution in [0.5, 0.6) is 11.5 Å². The minimum Gasteiger partial charge on any atom is -0.496 e. The van der Waals surface area contributed by atoms with Crippen molar-refractivity contribution in [3.05, 3.63) is 65.7 Å². The largest absolute Gasteiger partial charge is 0.496 e. The first kappa shape index (κ1) is 22.9. The SMILES string of the molecule is COc1ccccc1/C=C/C(=O)NC(=S)NNC(=O)c1ccc(OCC(C)C)cc1. The molecule has 2 aromatic rings. The van der Waals surface area contributed by atoms with Crippen molar-refractivity contribution in [1.82, 2.24) is 16.2 Å². The molecule has 0 saturated heterocycles. The van der Waals surface area contributed by atoms with Gasteiger partial charge in [-0.25, -0.2) is 0 Å². The maximum absolute atomic E-state index is 12.2. The normalized spacial score (nSPS) is 10.5. The number of amides is 2. The van der Waals surface area contributed by atoms with E-state index < -0.39 is 11.8 Å². The molecule has 2 rings (SSSR count). The van der Waals surface area contributed by atoms with Crippen LogP contribution in [0.1, 0.15) is 29.8 Å². The van der Waals surface area contributed by atoms with E-state index in [0.29, 0.717) is 29.6 Å². The summed E-state index contributed by atoms with van der Waals surface area (Å²) in [5, 5.41) is 2.42. The Bertz CT molecular complexity index is 911. The zero-order valence-corrected chi connectivity index (χ0v) is 17.9. The van der Waals surface area contributed by atoms with Gasteiger partial charge in [0.25, 0.3) is 5.91 Å². The van der Waals surface area contributed by atoms with Crippen LogP contribution in [0, 0.1) is 5.92 Å². The molecule has 0 fully saturated rings. The second-order valence-corrected chi connectivity index (χ2v) is 7.11. The third-order valence-corrected chi connectivity index (χ3v) is 3.98. The summed E-state index contributed by atoms with van der Waals surface area (Å²) >= 11 is 5.02. The lowest BCUT2D eigenvalue weighted by Gasteiger charge is -2.11. The molecule has 0 spiro atoms. The molecule has 0 radical (unpaired) electrons. The van der Waals surface area contributed by atoms with Gasteiger partial charge in [-0.05, 0) is 54.5 Å². The molecule has 0 heterocycles. The van der Waals surface area contributed by atoms with Gasteiger partial charge in [0.15, 0.2) is 5.11 Å². The molecule has 0 bridgehead atoms. The number of hydrogen-bond acceptors (Lipinski definition) is 5. The summed E-state index contributed by atoms with van der Waals surface area (Å²) in [5.41, 5.74) is 6.11. The second-order valence-electron chi connectivity index (χ2n) is 6.70. The van der Waals surface area contributed by atoms with Crippen molar-refractivity contribution in [2.75, 3.05) is 13.7 Å². The van der Waals surface area contributed by atoms with Crippen LogP contribution in [0.25, 0.3) is 6.08 Å². The van der Waals surface area contributed by atoms with Gasteiger partial charge in [0.2, 0.25) is 5.91 Å². The lowest BCUT2D eigenvalue weighted by molar-refractivity contribution is -0.115. The molecule has 3 N–H and O–H groups in total. The topological polar surface area (TPSA) is 88.7 Å². The molecule has 0 unspecified atom stereocenters. The number of hydrazine groups is 1. The standard InChI is InChI=1S/C22H25N3O4S/c1-15(2)14-29-18-11-8-17(9-12-18)21(27)24-25-22(30)23-20(26)13-10-16-6-4-5-7-19(16)28-3/h4-13,15H,14H2,1-3H3,(H,24,27)(H2,23,25,26,30)/b13-10+. The van der Waals surface area contributed by atoms with Crippen molar-refractivity contribution in [3.8, 4) is 11.5 Å². The lowest BCUT2D eigenvalue weighted by atomic mass is 10.2. The smallest absolute Gasteiger partial charge is 0.269 e. The highest BCUT2D eigenvalue weighted by atomic mass is 32.1. The summed E-state index contributed by atoms with van der Waals surface area (Å²) in [6.45, 7) is 4.72. The summed E-state index contributed by atoms with van der Waals surface area (Å²) in [6.07, 6.45) is 2.93. The summed E-state index contributed by atoms with van der Waals surface area (Å²) in [4.78, 5) is 24.2. The van der Waals surface area contributed by atoms with Gasteiger partial charge in [-0.2, -0.15) is 0 Å². The van der Waals surface area contributed by atoms with E-state index in [1.165, 1.54) is 6.08 Å². The van der Waals surface area contributed by atoms with Gasteiger partial charge in [0, 0.05) is 17.2 Å². The highest BCUT2D eigenvalue weighted by molar-refractivity contribution is 7.80. The number of ether oxygens (including phenoxy) is 2.